The predicted octanol–water partition coefficient (Wildman–Crippen LogP) is 6.55. The molecule has 37 heavy (non-hydrogen) atoms. The summed E-state index contributed by atoms with van der Waals surface area (Å²) in [5, 5.41) is 9.57. The third kappa shape index (κ3) is 4.49. The van der Waals surface area contributed by atoms with Crippen LogP contribution in [0.25, 0.3) is 11.0 Å². The van der Waals surface area contributed by atoms with Gasteiger partial charge >= 0.3 is 12.1 Å². The van der Waals surface area contributed by atoms with E-state index < -0.39 is 5.97 Å². The highest BCUT2D eigenvalue weighted by atomic mass is 16.5. The van der Waals surface area contributed by atoms with Gasteiger partial charge in [0.2, 0.25) is 0 Å². The maximum atomic E-state index is 12.7. The Morgan fingerprint density at radius 3 is 2.35 bits per heavy atom. The van der Waals surface area contributed by atoms with Crippen molar-refractivity contribution in [2.24, 2.45) is 11.8 Å². The Morgan fingerprint density at radius 2 is 1.73 bits per heavy atom. The second kappa shape index (κ2) is 10.2. The minimum absolute atomic E-state index is 0.0537. The summed E-state index contributed by atoms with van der Waals surface area (Å²) in [5.74, 6) is 0.486. The van der Waals surface area contributed by atoms with Crippen LogP contribution in [0.15, 0.2) is 42.5 Å². The van der Waals surface area contributed by atoms with Crippen molar-refractivity contribution in [2.45, 2.75) is 77.3 Å². The number of carbonyl (C=O) groups excluding carboxylic acids is 1. The molecular formula is C30H37N3O4. The van der Waals surface area contributed by atoms with Gasteiger partial charge in [-0.15, -0.1) is 0 Å². The van der Waals surface area contributed by atoms with Gasteiger partial charge in [-0.1, -0.05) is 44.2 Å². The second-order valence-corrected chi connectivity index (χ2v) is 11.0. The summed E-state index contributed by atoms with van der Waals surface area (Å²) in [7, 11) is 1.43. The van der Waals surface area contributed by atoms with Crippen LogP contribution in [0.4, 0.5) is 10.5 Å². The predicted molar refractivity (Wildman–Crippen MR) is 144 cm³/mol. The maximum absolute atomic E-state index is 12.7. The van der Waals surface area contributed by atoms with E-state index in [1.54, 1.807) is 4.90 Å². The average molecular weight is 504 g/mol. The lowest BCUT2D eigenvalue weighted by atomic mass is 9.84. The normalized spacial score (nSPS) is 22.6. The van der Waals surface area contributed by atoms with Gasteiger partial charge in [-0.3, -0.25) is 9.69 Å². The summed E-state index contributed by atoms with van der Waals surface area (Å²) < 4.78 is 7.53. The highest BCUT2D eigenvalue weighted by molar-refractivity contribution is 5.95. The van der Waals surface area contributed by atoms with E-state index in [1.807, 2.05) is 12.1 Å². The molecule has 3 aromatic rings. The minimum atomic E-state index is -0.690. The number of hydrogen-bond acceptors (Lipinski definition) is 4. The van der Waals surface area contributed by atoms with Gasteiger partial charge in [0.05, 0.1) is 29.7 Å². The Hall–Kier alpha value is -3.35. The molecule has 2 atom stereocenters. The molecule has 2 aromatic carbocycles. The first kappa shape index (κ1) is 25.3. The number of hydrogen-bond donors (Lipinski definition) is 1. The summed E-state index contributed by atoms with van der Waals surface area (Å²) in [5.41, 5.74) is 5.23. The maximum Gasteiger partial charge on any atom is 0.414 e. The average Bonchev–Trinajstić information content (AvgIpc) is 3.27. The molecule has 1 saturated carbocycles. The zero-order chi connectivity index (χ0) is 26.3. The van der Waals surface area contributed by atoms with Crippen LogP contribution < -0.4 is 4.90 Å². The number of nitrogens with zero attached hydrogens (tertiary/aromatic N) is 3. The molecule has 1 aromatic heterocycles. The number of carbonyl (C=O) groups is 2. The van der Waals surface area contributed by atoms with Crippen molar-refractivity contribution in [3.8, 4) is 0 Å². The number of carboxylic acids is 1. The zero-order valence-electron chi connectivity index (χ0n) is 22.2. The number of anilines is 1. The summed E-state index contributed by atoms with van der Waals surface area (Å²) in [6.45, 7) is 6.52. The molecular weight excluding hydrogens is 466 g/mol. The number of aliphatic carboxylic acids is 1. The van der Waals surface area contributed by atoms with Crippen molar-refractivity contribution < 1.29 is 19.4 Å². The Morgan fingerprint density at radius 1 is 1.03 bits per heavy atom. The molecule has 1 aliphatic carbocycles. The number of carboxylic acid groups (broad SMARTS) is 1. The van der Waals surface area contributed by atoms with Gasteiger partial charge in [0, 0.05) is 23.6 Å². The van der Waals surface area contributed by atoms with Crippen molar-refractivity contribution in [2.75, 3.05) is 12.0 Å². The Balaban J connectivity index is 1.70. The largest absolute Gasteiger partial charge is 0.481 e. The second-order valence-electron chi connectivity index (χ2n) is 11.0. The molecule has 196 valence electrons. The van der Waals surface area contributed by atoms with E-state index in [-0.39, 0.29) is 30.0 Å². The number of ether oxygens (including phenoxy) is 1. The van der Waals surface area contributed by atoms with Crippen LogP contribution in [0.1, 0.15) is 81.8 Å². The highest BCUT2D eigenvalue weighted by Gasteiger charge is 2.35. The van der Waals surface area contributed by atoms with Crippen LogP contribution in [0, 0.1) is 11.8 Å². The molecule has 1 unspecified atom stereocenters. The van der Waals surface area contributed by atoms with Crippen LogP contribution in [-0.2, 0) is 16.0 Å². The van der Waals surface area contributed by atoms with Crippen molar-refractivity contribution >= 4 is 28.8 Å². The number of methoxy groups -OCH3 is 1. The molecule has 1 aliphatic heterocycles. The molecule has 5 rings (SSSR count). The van der Waals surface area contributed by atoms with Crippen LogP contribution in [0.5, 0.6) is 0 Å². The SMILES string of the molecule is COC(=O)N1c2ccc3c(nc(C(c4ccccc4)C(C)C)n3C3CCC(C(=O)O)CC3)c2CC[C@@H]1C. The summed E-state index contributed by atoms with van der Waals surface area (Å²) in [4.78, 5) is 31.5. The molecule has 7 nitrogen and oxygen atoms in total. The zero-order valence-corrected chi connectivity index (χ0v) is 22.2. The lowest BCUT2D eigenvalue weighted by Gasteiger charge is -2.34. The number of aromatic nitrogens is 2. The van der Waals surface area contributed by atoms with E-state index in [9.17, 15) is 14.7 Å². The lowest BCUT2D eigenvalue weighted by molar-refractivity contribution is -0.143. The van der Waals surface area contributed by atoms with Gasteiger partial charge in [0.1, 0.15) is 5.82 Å². The fourth-order valence-electron chi connectivity index (χ4n) is 6.47. The van der Waals surface area contributed by atoms with Crippen LogP contribution in [0.3, 0.4) is 0 Å². The van der Waals surface area contributed by atoms with Gasteiger partial charge in [-0.2, -0.15) is 0 Å². The van der Waals surface area contributed by atoms with Crippen LogP contribution >= 0.6 is 0 Å². The molecule has 0 saturated heterocycles. The lowest BCUT2D eigenvalue weighted by Crippen LogP contribution is -2.42. The number of benzene rings is 2. The van der Waals surface area contributed by atoms with E-state index in [0.717, 1.165) is 53.8 Å². The molecule has 0 bridgehead atoms. The van der Waals surface area contributed by atoms with Gasteiger partial charge in [0.25, 0.3) is 0 Å². The first-order valence-corrected chi connectivity index (χ1v) is 13.5. The topological polar surface area (TPSA) is 84.7 Å². The van der Waals surface area contributed by atoms with Gasteiger partial charge in [0.15, 0.2) is 0 Å². The smallest absolute Gasteiger partial charge is 0.414 e. The van der Waals surface area contributed by atoms with Crippen molar-refractivity contribution in [1.82, 2.24) is 9.55 Å². The molecule has 0 spiro atoms. The van der Waals surface area contributed by atoms with Crippen LogP contribution in [-0.4, -0.2) is 39.9 Å². The molecule has 1 N–H and O–H groups in total. The molecule has 2 heterocycles. The summed E-state index contributed by atoms with van der Waals surface area (Å²) in [6, 6.07) is 14.9. The van der Waals surface area contributed by atoms with E-state index >= 15 is 0 Å². The molecule has 0 radical (unpaired) electrons. The Bertz CT molecular complexity index is 1290. The standard InChI is InChI=1S/C30H37N3O4/c1-18(2)26(20-8-6-5-7-9-20)28-31-27-23-15-10-19(3)32(30(36)37-4)24(23)16-17-25(27)33(28)22-13-11-21(12-14-22)29(34)35/h5-9,16-19,21-22,26H,10-15H2,1-4H3,(H,34,35)/t19-,21?,22?,26?/m0/s1. The van der Waals surface area contributed by atoms with Crippen molar-refractivity contribution in [1.29, 1.82) is 0 Å². The van der Waals surface area contributed by atoms with E-state index in [4.69, 9.17) is 9.72 Å². The summed E-state index contributed by atoms with van der Waals surface area (Å²) >= 11 is 0. The number of rotatable bonds is 5. The third-order valence-electron chi connectivity index (χ3n) is 8.37. The van der Waals surface area contributed by atoms with Crippen molar-refractivity contribution in [3.63, 3.8) is 0 Å². The van der Waals surface area contributed by atoms with Crippen LogP contribution in [0.2, 0.25) is 0 Å². The summed E-state index contributed by atoms with van der Waals surface area (Å²) in [6.07, 6.45) is 4.34. The quantitative estimate of drug-likeness (QED) is 0.427. The highest BCUT2D eigenvalue weighted by Crippen LogP contribution is 2.43. The van der Waals surface area contributed by atoms with Crippen molar-refractivity contribution in [3.05, 3.63) is 59.4 Å². The first-order valence-electron chi connectivity index (χ1n) is 13.5. The van der Waals surface area contributed by atoms with Gasteiger partial charge in [-0.05, 0) is 69.1 Å². The van der Waals surface area contributed by atoms with E-state index in [0.29, 0.717) is 18.8 Å². The number of aryl methyl sites for hydroxylation is 1. The Kier molecular flexibility index (Phi) is 6.97. The molecule has 1 fully saturated rings. The molecule has 1 amide bonds. The molecule has 7 heteroatoms. The fraction of sp³-hybridized carbons (Fsp3) is 0.500. The fourth-order valence-corrected chi connectivity index (χ4v) is 6.47. The molecule has 2 aliphatic rings. The minimum Gasteiger partial charge on any atom is -0.481 e. The first-order chi connectivity index (χ1) is 17.8. The van der Waals surface area contributed by atoms with Gasteiger partial charge < -0.3 is 14.4 Å². The number of fused-ring (bicyclic) bond motifs is 3. The third-order valence-corrected chi connectivity index (χ3v) is 8.37. The van der Waals surface area contributed by atoms with Gasteiger partial charge in [-0.25, -0.2) is 9.78 Å². The number of amides is 1. The number of imidazole rings is 1. The van der Waals surface area contributed by atoms with E-state index in [2.05, 4.69) is 55.7 Å². The van der Waals surface area contributed by atoms with E-state index in [1.165, 1.54) is 12.7 Å². The monoisotopic (exact) mass is 503 g/mol. The Labute approximate surface area is 218 Å².